The molecule has 0 radical (unpaired) electrons. The van der Waals surface area contributed by atoms with Crippen LogP contribution in [0.15, 0.2) is 0 Å². The third-order valence-electron chi connectivity index (χ3n) is 0.986. The van der Waals surface area contributed by atoms with E-state index in [0.29, 0.717) is 0 Å². The summed E-state index contributed by atoms with van der Waals surface area (Å²) in [6.07, 6.45) is -0.224. The SMILES string of the molecule is CO.N[C@@H](CCC(=O)O)C(=O)O. The summed E-state index contributed by atoms with van der Waals surface area (Å²) in [6, 6.07) is -1.06. The number of aliphatic carboxylic acids is 2. The molecule has 0 heterocycles. The highest BCUT2D eigenvalue weighted by Gasteiger charge is 2.12. The van der Waals surface area contributed by atoms with Gasteiger partial charge in [-0.25, -0.2) is 0 Å². The largest absolute Gasteiger partial charge is 0.481 e. The lowest BCUT2D eigenvalue weighted by atomic mass is 10.2. The second-order valence-electron chi connectivity index (χ2n) is 1.88. The number of rotatable bonds is 4. The molecule has 12 heavy (non-hydrogen) atoms. The van der Waals surface area contributed by atoms with E-state index in [-0.39, 0.29) is 12.8 Å². The minimum absolute atomic E-state index is 0.0231. The number of carboxylic acid groups (broad SMARTS) is 2. The molecular formula is C6H13NO5. The molecule has 0 aliphatic heterocycles. The number of carbonyl (C=O) groups is 2. The van der Waals surface area contributed by atoms with Crippen molar-refractivity contribution in [3.63, 3.8) is 0 Å². The van der Waals surface area contributed by atoms with Gasteiger partial charge in [0.05, 0.1) is 0 Å². The minimum Gasteiger partial charge on any atom is -0.481 e. The Hall–Kier alpha value is -1.14. The Labute approximate surface area is 69.6 Å². The van der Waals surface area contributed by atoms with Gasteiger partial charge in [-0.15, -0.1) is 0 Å². The standard InChI is InChI=1S/C5H9NO4.CH4O/c6-3(5(9)10)1-2-4(7)8;1-2/h3H,1-2,6H2,(H,7,8)(H,9,10);2H,1H3/t3-;/m0./s1. The molecule has 0 saturated carbocycles. The van der Waals surface area contributed by atoms with E-state index in [2.05, 4.69) is 0 Å². The first-order valence-corrected chi connectivity index (χ1v) is 3.19. The molecule has 5 N–H and O–H groups in total. The van der Waals surface area contributed by atoms with E-state index in [1.807, 2.05) is 0 Å². The highest BCUT2D eigenvalue weighted by molar-refractivity contribution is 5.74. The maximum absolute atomic E-state index is 9.99. The fourth-order valence-electron chi connectivity index (χ4n) is 0.402. The fourth-order valence-corrected chi connectivity index (χ4v) is 0.402. The van der Waals surface area contributed by atoms with Gasteiger partial charge in [-0.3, -0.25) is 9.59 Å². The van der Waals surface area contributed by atoms with E-state index in [1.165, 1.54) is 0 Å². The highest BCUT2D eigenvalue weighted by atomic mass is 16.4. The van der Waals surface area contributed by atoms with Crippen LogP contribution < -0.4 is 5.73 Å². The van der Waals surface area contributed by atoms with Gasteiger partial charge >= 0.3 is 11.9 Å². The van der Waals surface area contributed by atoms with Gasteiger partial charge in [-0.1, -0.05) is 0 Å². The van der Waals surface area contributed by atoms with Crippen molar-refractivity contribution in [2.45, 2.75) is 18.9 Å². The van der Waals surface area contributed by atoms with Gasteiger partial charge in [0.2, 0.25) is 0 Å². The normalized spacial score (nSPS) is 10.9. The molecule has 0 aromatic rings. The molecule has 0 aromatic carbocycles. The van der Waals surface area contributed by atoms with Crippen LogP contribution in [0.4, 0.5) is 0 Å². The van der Waals surface area contributed by atoms with Crippen LogP contribution in [0.3, 0.4) is 0 Å². The van der Waals surface area contributed by atoms with Gasteiger partial charge in [0.1, 0.15) is 6.04 Å². The highest BCUT2D eigenvalue weighted by Crippen LogP contribution is 1.93. The smallest absolute Gasteiger partial charge is 0.320 e. The molecule has 6 heteroatoms. The third kappa shape index (κ3) is 8.86. The van der Waals surface area contributed by atoms with Gasteiger partial charge in [0.25, 0.3) is 0 Å². The minimum atomic E-state index is -1.17. The van der Waals surface area contributed by atoms with Crippen LogP contribution in [0.2, 0.25) is 0 Å². The van der Waals surface area contributed by atoms with Crippen LogP contribution in [0.25, 0.3) is 0 Å². The Morgan fingerprint density at radius 1 is 1.33 bits per heavy atom. The lowest BCUT2D eigenvalue weighted by molar-refractivity contribution is -0.139. The van der Waals surface area contributed by atoms with E-state index >= 15 is 0 Å². The maximum atomic E-state index is 9.99. The van der Waals surface area contributed by atoms with Crippen LogP contribution in [-0.4, -0.2) is 40.4 Å². The van der Waals surface area contributed by atoms with Crippen LogP contribution in [0, 0.1) is 0 Å². The summed E-state index contributed by atoms with van der Waals surface area (Å²) in [5.41, 5.74) is 5.00. The van der Waals surface area contributed by atoms with Crippen molar-refractivity contribution >= 4 is 11.9 Å². The van der Waals surface area contributed by atoms with Crippen LogP contribution in [-0.2, 0) is 9.59 Å². The van der Waals surface area contributed by atoms with Crippen molar-refractivity contribution in [2.75, 3.05) is 7.11 Å². The topological polar surface area (TPSA) is 121 Å². The zero-order valence-corrected chi connectivity index (χ0v) is 6.73. The van der Waals surface area contributed by atoms with Gasteiger partial charge in [-0.05, 0) is 6.42 Å². The molecule has 0 fully saturated rings. The summed E-state index contributed by atoms with van der Waals surface area (Å²) in [4.78, 5) is 19.9. The van der Waals surface area contributed by atoms with E-state index in [4.69, 9.17) is 21.1 Å². The van der Waals surface area contributed by atoms with Crippen molar-refractivity contribution in [1.29, 1.82) is 0 Å². The second-order valence-corrected chi connectivity index (χ2v) is 1.88. The number of nitrogens with two attached hydrogens (primary N) is 1. The number of aliphatic hydroxyl groups excluding tert-OH is 1. The average molecular weight is 179 g/mol. The summed E-state index contributed by atoms with van der Waals surface area (Å²) < 4.78 is 0. The van der Waals surface area contributed by atoms with Crippen molar-refractivity contribution in [3.05, 3.63) is 0 Å². The van der Waals surface area contributed by atoms with E-state index in [1.54, 1.807) is 0 Å². The molecule has 72 valence electrons. The van der Waals surface area contributed by atoms with E-state index < -0.39 is 18.0 Å². The second kappa shape index (κ2) is 7.96. The first-order chi connectivity index (χ1) is 5.54. The Morgan fingerprint density at radius 2 is 1.75 bits per heavy atom. The molecule has 0 amide bonds. The van der Waals surface area contributed by atoms with E-state index in [9.17, 15) is 9.59 Å². The molecule has 6 nitrogen and oxygen atoms in total. The Morgan fingerprint density at radius 3 is 2.00 bits per heavy atom. The zero-order chi connectivity index (χ0) is 10.1. The Bertz CT molecular complexity index is 147. The molecule has 0 rings (SSSR count). The molecule has 0 bridgehead atoms. The molecule has 1 atom stereocenters. The predicted molar refractivity (Wildman–Crippen MR) is 40.6 cm³/mol. The molecule has 0 aliphatic rings. The first-order valence-electron chi connectivity index (χ1n) is 3.19. The van der Waals surface area contributed by atoms with Gasteiger partial charge in [0, 0.05) is 13.5 Å². The molecule has 0 aliphatic carbocycles. The number of carboxylic acids is 2. The molecular weight excluding hydrogens is 166 g/mol. The monoisotopic (exact) mass is 179 g/mol. The molecule has 0 spiro atoms. The van der Waals surface area contributed by atoms with Gasteiger partial charge < -0.3 is 21.1 Å². The third-order valence-corrected chi connectivity index (χ3v) is 0.986. The van der Waals surface area contributed by atoms with Crippen molar-refractivity contribution in [3.8, 4) is 0 Å². The van der Waals surface area contributed by atoms with Crippen molar-refractivity contribution in [1.82, 2.24) is 0 Å². The molecule has 0 saturated heterocycles. The van der Waals surface area contributed by atoms with Gasteiger partial charge in [0.15, 0.2) is 0 Å². The first kappa shape index (κ1) is 13.4. The lowest BCUT2D eigenvalue weighted by Crippen LogP contribution is -2.30. The van der Waals surface area contributed by atoms with Crippen LogP contribution in [0.5, 0.6) is 0 Å². The van der Waals surface area contributed by atoms with Crippen molar-refractivity contribution < 1.29 is 24.9 Å². The summed E-state index contributed by atoms with van der Waals surface area (Å²) in [7, 11) is 1.00. The number of hydrogen-bond acceptors (Lipinski definition) is 4. The molecule has 0 aromatic heterocycles. The predicted octanol–water partition coefficient (Wildman–Crippen LogP) is -1.13. The average Bonchev–Trinajstić information content (AvgIpc) is 2.03. The van der Waals surface area contributed by atoms with Crippen LogP contribution in [0.1, 0.15) is 12.8 Å². The van der Waals surface area contributed by atoms with E-state index in [0.717, 1.165) is 7.11 Å². The maximum Gasteiger partial charge on any atom is 0.320 e. The zero-order valence-electron chi connectivity index (χ0n) is 6.73. The fraction of sp³-hybridized carbons (Fsp3) is 0.667. The summed E-state index contributed by atoms with van der Waals surface area (Å²) in [5.74, 6) is -2.20. The van der Waals surface area contributed by atoms with Crippen LogP contribution >= 0.6 is 0 Å². The summed E-state index contributed by atoms with van der Waals surface area (Å²) in [6.45, 7) is 0. The summed E-state index contributed by atoms with van der Waals surface area (Å²) >= 11 is 0. The number of hydrogen-bond donors (Lipinski definition) is 4. The quantitative estimate of drug-likeness (QED) is 0.433. The Kier molecular flexibility index (Phi) is 8.92. The van der Waals surface area contributed by atoms with Crippen molar-refractivity contribution in [2.24, 2.45) is 5.73 Å². The summed E-state index contributed by atoms with van der Waals surface area (Å²) in [5, 5.41) is 23.3. The van der Waals surface area contributed by atoms with Gasteiger partial charge in [-0.2, -0.15) is 0 Å². The molecule has 0 unspecified atom stereocenters. The lowest BCUT2D eigenvalue weighted by Gasteiger charge is -2.01. The number of aliphatic hydroxyl groups is 1. The Balaban J connectivity index is 0.